The molecule has 5 nitrogen and oxygen atoms in total. The van der Waals surface area contributed by atoms with Gasteiger partial charge in [0.05, 0.1) is 17.7 Å². The van der Waals surface area contributed by atoms with Gasteiger partial charge in [-0.05, 0) is 31.0 Å². The third kappa shape index (κ3) is 6.46. The van der Waals surface area contributed by atoms with Crippen molar-refractivity contribution in [2.24, 2.45) is 0 Å². The van der Waals surface area contributed by atoms with Crippen molar-refractivity contribution in [2.75, 3.05) is 25.1 Å². The van der Waals surface area contributed by atoms with E-state index in [1.54, 1.807) is 13.2 Å². The van der Waals surface area contributed by atoms with Gasteiger partial charge in [0.2, 0.25) is 0 Å². The van der Waals surface area contributed by atoms with Crippen LogP contribution in [0.3, 0.4) is 0 Å². The van der Waals surface area contributed by atoms with Gasteiger partial charge < -0.3 is 9.64 Å². The predicted molar refractivity (Wildman–Crippen MR) is 92.0 cm³/mol. The normalized spacial score (nSPS) is 10.9. The van der Waals surface area contributed by atoms with Gasteiger partial charge in [-0.3, -0.25) is 4.55 Å². The van der Waals surface area contributed by atoms with Gasteiger partial charge in [0.1, 0.15) is 5.75 Å². The van der Waals surface area contributed by atoms with Crippen LogP contribution in [-0.4, -0.2) is 62.7 Å². The van der Waals surface area contributed by atoms with E-state index in [9.17, 15) is 13.0 Å². The molecule has 0 radical (unpaired) electrons. The Morgan fingerprint density at radius 3 is 2.09 bits per heavy atom. The number of nitrogens with zero attached hydrogens (tertiary/aromatic N) is 1. The first-order valence-corrected chi connectivity index (χ1v) is 8.78. The Morgan fingerprint density at radius 2 is 1.68 bits per heavy atom. The maximum atomic E-state index is 11.3. The average molecular weight is 339 g/mol. The minimum absolute atomic E-state index is 0. The first kappa shape index (κ1) is 21.7. The van der Waals surface area contributed by atoms with Crippen LogP contribution in [0.15, 0.2) is 23.1 Å². The summed E-state index contributed by atoms with van der Waals surface area (Å²) in [6.45, 7) is 5.90. The van der Waals surface area contributed by atoms with Crippen LogP contribution in [0.25, 0.3) is 0 Å². The Hall–Kier alpha value is -0.270. The molecule has 1 aromatic rings. The van der Waals surface area contributed by atoms with Gasteiger partial charge >= 0.3 is 29.6 Å². The molecule has 0 bridgehead atoms. The van der Waals surface area contributed by atoms with E-state index in [4.69, 9.17) is 4.74 Å². The molecule has 1 rings (SSSR count). The second kappa shape index (κ2) is 10.5. The van der Waals surface area contributed by atoms with E-state index in [0.29, 0.717) is 5.75 Å². The molecule has 0 amide bonds. The zero-order valence-electron chi connectivity index (χ0n) is 13.0. The fourth-order valence-corrected chi connectivity index (χ4v) is 2.63. The van der Waals surface area contributed by atoms with Gasteiger partial charge in [-0.15, -0.1) is 0 Å². The van der Waals surface area contributed by atoms with Crippen LogP contribution in [-0.2, 0) is 10.1 Å². The molecule has 1 N–H and O–H groups in total. The number of benzene rings is 1. The first-order chi connectivity index (χ1) is 9.93. The van der Waals surface area contributed by atoms with Crippen molar-refractivity contribution in [1.82, 2.24) is 0 Å². The maximum absolute atomic E-state index is 11.3. The molecule has 0 heterocycles. The molecule has 0 unspecified atom stereocenters. The number of rotatable bonds is 9. The number of ether oxygens (including phenoxy) is 1. The van der Waals surface area contributed by atoms with Crippen molar-refractivity contribution in [2.45, 2.75) is 44.4 Å². The number of hydrogen-bond acceptors (Lipinski definition) is 4. The topological polar surface area (TPSA) is 66.8 Å². The zero-order chi connectivity index (χ0) is 15.9. The number of methoxy groups -OCH3 is 1. The monoisotopic (exact) mass is 339 g/mol. The number of anilines is 1. The van der Waals surface area contributed by atoms with E-state index in [1.165, 1.54) is 12.1 Å². The van der Waals surface area contributed by atoms with Crippen LogP contribution in [0.2, 0.25) is 0 Å². The van der Waals surface area contributed by atoms with Gasteiger partial charge in [-0.1, -0.05) is 26.7 Å². The molecule has 0 fully saturated rings. The first-order valence-electron chi connectivity index (χ1n) is 7.34. The Bertz CT molecular complexity index is 540. The summed E-state index contributed by atoms with van der Waals surface area (Å²) in [5.41, 5.74) is 0.717. The van der Waals surface area contributed by atoms with E-state index in [2.05, 4.69) is 18.7 Å². The summed E-state index contributed by atoms with van der Waals surface area (Å²) in [6.07, 6.45) is 4.15. The Morgan fingerprint density at radius 1 is 1.14 bits per heavy atom. The molecule has 0 atom stereocenters. The van der Waals surface area contributed by atoms with E-state index in [1.807, 2.05) is 0 Å². The summed E-state index contributed by atoms with van der Waals surface area (Å²) in [5, 5.41) is 0. The van der Waals surface area contributed by atoms with Crippen LogP contribution >= 0.6 is 0 Å². The van der Waals surface area contributed by atoms with Gasteiger partial charge in [0.15, 0.2) is 0 Å². The molecule has 0 saturated carbocycles. The van der Waals surface area contributed by atoms with Crippen LogP contribution in [0.1, 0.15) is 39.5 Å². The second-order valence-corrected chi connectivity index (χ2v) is 6.42. The van der Waals surface area contributed by atoms with Crippen LogP contribution in [0.4, 0.5) is 5.69 Å². The summed E-state index contributed by atoms with van der Waals surface area (Å²) < 4.78 is 37.2. The number of hydrogen-bond donors (Lipinski definition) is 1. The summed E-state index contributed by atoms with van der Waals surface area (Å²) in [7, 11) is -2.65. The van der Waals surface area contributed by atoms with Crippen LogP contribution < -0.4 is 9.64 Å². The molecular formula is C15H26NNaO4S. The van der Waals surface area contributed by atoms with E-state index < -0.39 is 10.1 Å². The molecule has 0 aliphatic carbocycles. The quantitative estimate of drug-likeness (QED) is 0.553. The fourth-order valence-electron chi connectivity index (χ4n) is 2.13. The van der Waals surface area contributed by atoms with Crippen molar-refractivity contribution >= 4 is 45.4 Å². The van der Waals surface area contributed by atoms with Crippen molar-refractivity contribution < 1.29 is 17.7 Å². The molecular weight excluding hydrogens is 313 g/mol. The molecule has 22 heavy (non-hydrogen) atoms. The third-order valence-corrected chi connectivity index (χ3v) is 4.20. The molecule has 0 spiro atoms. The Kier molecular flexibility index (Phi) is 10.4. The van der Waals surface area contributed by atoms with Crippen LogP contribution in [0, 0.1) is 0 Å². The predicted octanol–water partition coefficient (Wildman–Crippen LogP) is 2.70. The Balaban J connectivity index is 0.00000441. The van der Waals surface area contributed by atoms with Gasteiger partial charge in [-0.25, -0.2) is 0 Å². The fraction of sp³-hybridized carbons (Fsp3) is 0.600. The van der Waals surface area contributed by atoms with E-state index in [-0.39, 0.29) is 34.5 Å². The third-order valence-electron chi connectivity index (χ3n) is 3.35. The van der Waals surface area contributed by atoms with Gasteiger partial charge in [-0.2, -0.15) is 8.42 Å². The number of unbranched alkanes of at least 4 members (excludes halogenated alkanes) is 2. The van der Waals surface area contributed by atoms with E-state index in [0.717, 1.165) is 44.5 Å². The van der Waals surface area contributed by atoms with Crippen molar-refractivity contribution in [3.05, 3.63) is 18.2 Å². The van der Waals surface area contributed by atoms with Gasteiger partial charge in [0.25, 0.3) is 10.1 Å². The molecule has 0 aliphatic heterocycles. The molecule has 0 saturated heterocycles. The molecule has 1 aromatic carbocycles. The standard InChI is InChI=1S/C15H25NO4S.Na.H/c1-4-6-10-16(11-7-5-2)14-12-13(21(17,18)19)8-9-15(14)20-3;;/h8-9,12H,4-7,10-11H2,1-3H3,(H,17,18,19);;. The van der Waals surface area contributed by atoms with Gasteiger partial charge in [0, 0.05) is 13.1 Å². The van der Waals surface area contributed by atoms with Crippen molar-refractivity contribution in [3.8, 4) is 5.75 Å². The van der Waals surface area contributed by atoms with Crippen molar-refractivity contribution in [1.29, 1.82) is 0 Å². The minimum atomic E-state index is -4.21. The SMILES string of the molecule is CCCCN(CCCC)c1cc(S(=O)(=O)O)ccc1OC.[NaH]. The zero-order valence-corrected chi connectivity index (χ0v) is 13.8. The summed E-state index contributed by atoms with van der Waals surface area (Å²) in [4.78, 5) is 2.02. The Labute approximate surface area is 156 Å². The molecule has 0 aliphatic rings. The second-order valence-electron chi connectivity index (χ2n) is 5.00. The summed E-state index contributed by atoms with van der Waals surface area (Å²) in [5.74, 6) is 0.620. The van der Waals surface area contributed by atoms with Crippen LogP contribution in [0.5, 0.6) is 5.75 Å². The molecule has 122 valence electrons. The summed E-state index contributed by atoms with van der Waals surface area (Å²) in [6, 6.07) is 4.43. The van der Waals surface area contributed by atoms with Crippen molar-refractivity contribution in [3.63, 3.8) is 0 Å². The van der Waals surface area contributed by atoms with E-state index >= 15 is 0 Å². The molecule has 7 heteroatoms. The molecule has 0 aromatic heterocycles. The average Bonchev–Trinajstić information content (AvgIpc) is 2.46. The summed E-state index contributed by atoms with van der Waals surface area (Å²) >= 11 is 0.